The van der Waals surface area contributed by atoms with Crippen molar-refractivity contribution in [2.75, 3.05) is 42.5 Å². The van der Waals surface area contributed by atoms with Gasteiger partial charge in [0.05, 0.1) is 24.5 Å². The third-order valence-corrected chi connectivity index (χ3v) is 8.32. The monoisotopic (exact) mass is 529 g/mol. The Morgan fingerprint density at radius 2 is 1.78 bits per heavy atom. The number of hydrogen-bond acceptors (Lipinski definition) is 6. The second-order valence-corrected chi connectivity index (χ2v) is 11.6. The molecule has 3 aromatic rings. The fourth-order valence-corrected chi connectivity index (χ4v) is 6.23. The molecule has 194 valence electrons. The summed E-state index contributed by atoms with van der Waals surface area (Å²) in [7, 11) is 0. The Balaban J connectivity index is 1.12. The highest BCUT2D eigenvalue weighted by Crippen LogP contribution is 2.46. The maximum Gasteiger partial charge on any atom is 0.263 e. The molecule has 7 rings (SSSR count). The van der Waals surface area contributed by atoms with Crippen molar-refractivity contribution < 1.29 is 13.2 Å². The minimum Gasteiger partial charge on any atom is -0.355 e. The first-order chi connectivity index (χ1) is 17.7. The summed E-state index contributed by atoms with van der Waals surface area (Å²) in [6.45, 7) is 5.37. The predicted molar refractivity (Wildman–Crippen MR) is 134 cm³/mol. The number of anilines is 2. The van der Waals surface area contributed by atoms with Crippen LogP contribution in [0.5, 0.6) is 0 Å². The highest BCUT2D eigenvalue weighted by molar-refractivity contribution is 6.30. The van der Waals surface area contributed by atoms with Crippen molar-refractivity contribution in [1.29, 1.82) is 0 Å². The van der Waals surface area contributed by atoms with Crippen LogP contribution in [0.3, 0.4) is 0 Å². The van der Waals surface area contributed by atoms with Gasteiger partial charge in [-0.05, 0) is 55.7 Å². The molecule has 11 heteroatoms. The van der Waals surface area contributed by atoms with Gasteiger partial charge >= 0.3 is 0 Å². The lowest BCUT2D eigenvalue weighted by molar-refractivity contribution is -0.0558. The first kappa shape index (κ1) is 23.3. The second kappa shape index (κ2) is 8.07. The number of nitrogens with zero attached hydrogens (tertiary/aromatic N) is 7. The Kier molecular flexibility index (Phi) is 5.08. The molecule has 3 fully saturated rings. The molecular formula is C26H27ClF3N7. The van der Waals surface area contributed by atoms with Crippen LogP contribution < -0.4 is 9.80 Å². The Hall–Kier alpha value is -2.85. The van der Waals surface area contributed by atoms with E-state index in [4.69, 9.17) is 11.6 Å². The quantitative estimate of drug-likeness (QED) is 0.487. The maximum absolute atomic E-state index is 14.7. The van der Waals surface area contributed by atoms with Crippen molar-refractivity contribution in [3.8, 4) is 5.69 Å². The Morgan fingerprint density at radius 3 is 2.51 bits per heavy atom. The van der Waals surface area contributed by atoms with Gasteiger partial charge in [-0.15, -0.1) is 10.2 Å². The van der Waals surface area contributed by atoms with Crippen molar-refractivity contribution in [3.63, 3.8) is 0 Å². The van der Waals surface area contributed by atoms with Crippen LogP contribution in [0.15, 0.2) is 30.3 Å². The SMILES string of the molecule is Cc1nc(N2CC3(C2)CN(c2nnc4n2-c2ccc(Cl)cc2CN(CC(F)(F)C2CC2)C4)C3)ccc1F. The second-order valence-electron chi connectivity index (χ2n) is 11.2. The molecule has 3 aliphatic heterocycles. The maximum atomic E-state index is 14.7. The fourth-order valence-electron chi connectivity index (χ4n) is 6.04. The summed E-state index contributed by atoms with van der Waals surface area (Å²) >= 11 is 6.31. The summed E-state index contributed by atoms with van der Waals surface area (Å²) in [4.78, 5) is 10.5. The number of hydrogen-bond donors (Lipinski definition) is 0. The van der Waals surface area contributed by atoms with Gasteiger partial charge in [0.15, 0.2) is 5.82 Å². The molecule has 0 N–H and O–H groups in total. The van der Waals surface area contributed by atoms with E-state index in [1.54, 1.807) is 17.9 Å². The molecule has 0 amide bonds. The van der Waals surface area contributed by atoms with Crippen LogP contribution in [0.2, 0.25) is 5.02 Å². The molecule has 0 radical (unpaired) electrons. The number of aromatic nitrogens is 4. The zero-order valence-electron chi connectivity index (χ0n) is 20.5. The molecule has 37 heavy (non-hydrogen) atoms. The van der Waals surface area contributed by atoms with E-state index in [9.17, 15) is 13.2 Å². The zero-order chi connectivity index (χ0) is 25.5. The topological polar surface area (TPSA) is 53.3 Å². The first-order valence-electron chi connectivity index (χ1n) is 12.7. The van der Waals surface area contributed by atoms with E-state index < -0.39 is 11.8 Å². The average molecular weight is 530 g/mol. The van der Waals surface area contributed by atoms with Crippen LogP contribution in [-0.2, 0) is 13.1 Å². The minimum absolute atomic E-state index is 0.127. The molecule has 7 nitrogen and oxygen atoms in total. The molecule has 0 unspecified atom stereocenters. The van der Waals surface area contributed by atoms with Crippen molar-refractivity contribution in [3.05, 3.63) is 58.3 Å². The normalized spacial score (nSPS) is 20.8. The Morgan fingerprint density at radius 1 is 1.03 bits per heavy atom. The number of rotatable bonds is 5. The van der Waals surface area contributed by atoms with Gasteiger partial charge in [0.25, 0.3) is 5.92 Å². The largest absolute Gasteiger partial charge is 0.355 e. The van der Waals surface area contributed by atoms with E-state index in [0.29, 0.717) is 42.5 Å². The lowest BCUT2D eigenvalue weighted by atomic mass is 9.73. The van der Waals surface area contributed by atoms with E-state index in [1.807, 2.05) is 22.8 Å². The number of halogens is 4. The van der Waals surface area contributed by atoms with E-state index in [0.717, 1.165) is 49.2 Å². The van der Waals surface area contributed by atoms with E-state index in [2.05, 4.69) is 25.0 Å². The van der Waals surface area contributed by atoms with Gasteiger partial charge < -0.3 is 9.80 Å². The molecule has 0 bridgehead atoms. The van der Waals surface area contributed by atoms with Crippen LogP contribution >= 0.6 is 11.6 Å². The Labute approximate surface area is 217 Å². The molecule has 2 saturated heterocycles. The summed E-state index contributed by atoms with van der Waals surface area (Å²) in [6.07, 6.45) is 1.18. The third kappa shape index (κ3) is 3.96. The van der Waals surface area contributed by atoms with Crippen LogP contribution in [-0.4, -0.2) is 63.3 Å². The summed E-state index contributed by atoms with van der Waals surface area (Å²) in [5.74, 6) is -1.34. The van der Waals surface area contributed by atoms with Gasteiger partial charge in [0.2, 0.25) is 5.95 Å². The molecule has 1 aliphatic carbocycles. The lowest BCUT2D eigenvalue weighted by Crippen LogP contribution is -2.73. The number of pyridine rings is 1. The standard InChI is InChI=1S/C26H27ClF3N7/c1-16-20(28)5-7-22(31-16)35-11-25(12-35)13-36(14-25)24-33-32-23-10-34(15-26(29,30)18-2-3-18)9-17-8-19(27)4-6-21(17)37(23)24/h4-8,18H,2-3,9-15H2,1H3. The first-order valence-corrected chi connectivity index (χ1v) is 13.0. The van der Waals surface area contributed by atoms with Gasteiger partial charge in [-0.1, -0.05) is 11.6 Å². The molecule has 1 aromatic carbocycles. The molecule has 4 aliphatic rings. The van der Waals surface area contributed by atoms with Gasteiger partial charge in [-0.2, -0.15) is 0 Å². The van der Waals surface area contributed by atoms with Gasteiger partial charge in [0.1, 0.15) is 11.6 Å². The number of alkyl halides is 2. The van der Waals surface area contributed by atoms with E-state index in [-0.39, 0.29) is 17.8 Å². The minimum atomic E-state index is -2.71. The van der Waals surface area contributed by atoms with Crippen LogP contribution in [0, 0.1) is 24.1 Å². The van der Waals surface area contributed by atoms with E-state index in [1.165, 1.54) is 6.07 Å². The number of benzene rings is 1. The zero-order valence-corrected chi connectivity index (χ0v) is 21.2. The molecule has 5 heterocycles. The number of aryl methyl sites for hydroxylation is 1. The van der Waals surface area contributed by atoms with Crippen molar-refractivity contribution >= 4 is 23.4 Å². The average Bonchev–Trinajstić information content (AvgIpc) is 3.59. The predicted octanol–water partition coefficient (Wildman–Crippen LogP) is 4.45. The van der Waals surface area contributed by atoms with Gasteiger partial charge in [0, 0.05) is 49.1 Å². The number of fused-ring (bicyclic) bond motifs is 3. The van der Waals surface area contributed by atoms with Gasteiger partial charge in [-0.3, -0.25) is 9.47 Å². The van der Waals surface area contributed by atoms with Crippen molar-refractivity contribution in [2.24, 2.45) is 11.3 Å². The Bertz CT molecular complexity index is 1370. The fraction of sp³-hybridized carbons (Fsp3) is 0.500. The lowest BCUT2D eigenvalue weighted by Gasteiger charge is -2.60. The van der Waals surface area contributed by atoms with Gasteiger partial charge in [-0.25, -0.2) is 18.2 Å². The summed E-state index contributed by atoms with van der Waals surface area (Å²) < 4.78 is 45.1. The molecule has 0 atom stereocenters. The van der Waals surface area contributed by atoms with Crippen molar-refractivity contribution in [1.82, 2.24) is 24.6 Å². The molecular weight excluding hydrogens is 503 g/mol. The van der Waals surface area contributed by atoms with Crippen LogP contribution in [0.4, 0.5) is 24.9 Å². The summed E-state index contributed by atoms with van der Waals surface area (Å²) in [5, 5.41) is 9.53. The van der Waals surface area contributed by atoms with Crippen LogP contribution in [0.25, 0.3) is 5.69 Å². The third-order valence-electron chi connectivity index (χ3n) is 8.08. The van der Waals surface area contributed by atoms with Crippen LogP contribution in [0.1, 0.15) is 29.9 Å². The van der Waals surface area contributed by atoms with Crippen molar-refractivity contribution in [2.45, 2.75) is 38.8 Å². The highest BCUT2D eigenvalue weighted by atomic mass is 35.5. The highest BCUT2D eigenvalue weighted by Gasteiger charge is 2.54. The molecule has 2 aromatic heterocycles. The summed E-state index contributed by atoms with van der Waals surface area (Å²) in [6, 6.07) is 8.80. The smallest absolute Gasteiger partial charge is 0.263 e. The molecule has 1 spiro atoms. The molecule has 1 saturated carbocycles. The van der Waals surface area contributed by atoms with E-state index >= 15 is 0 Å². The summed E-state index contributed by atoms with van der Waals surface area (Å²) in [5.41, 5.74) is 2.31.